The van der Waals surface area contributed by atoms with Gasteiger partial charge in [-0.05, 0) is 56.5 Å². The molecule has 1 aromatic heterocycles. The van der Waals surface area contributed by atoms with Gasteiger partial charge in [-0.25, -0.2) is 0 Å². The summed E-state index contributed by atoms with van der Waals surface area (Å²) in [6.45, 7) is 3.75. The van der Waals surface area contributed by atoms with Crippen LogP contribution in [0.3, 0.4) is 0 Å². The maximum absolute atomic E-state index is 13.0. The van der Waals surface area contributed by atoms with Crippen LogP contribution in [0.15, 0.2) is 54.7 Å². The highest BCUT2D eigenvalue weighted by Crippen LogP contribution is 2.23. The van der Waals surface area contributed by atoms with Gasteiger partial charge in [0.15, 0.2) is 0 Å². The van der Waals surface area contributed by atoms with E-state index in [4.69, 9.17) is 4.74 Å². The molecule has 1 aliphatic rings. The molecule has 0 aliphatic carbocycles. The van der Waals surface area contributed by atoms with Gasteiger partial charge in [0.1, 0.15) is 12.3 Å². The molecule has 2 heterocycles. The first-order valence-electron chi connectivity index (χ1n) is 11.0. The largest absolute Gasteiger partial charge is 0.494 e. The lowest BCUT2D eigenvalue weighted by Gasteiger charge is -2.25. The van der Waals surface area contributed by atoms with Crippen LogP contribution < -0.4 is 10.1 Å². The third-order valence-electron chi connectivity index (χ3n) is 5.63. The molecule has 7 heteroatoms. The van der Waals surface area contributed by atoms with Gasteiger partial charge in [-0.1, -0.05) is 18.2 Å². The Balaban J connectivity index is 1.52. The highest BCUT2D eigenvalue weighted by Gasteiger charge is 2.27. The summed E-state index contributed by atoms with van der Waals surface area (Å²) in [5.41, 5.74) is 1.74. The van der Waals surface area contributed by atoms with E-state index >= 15 is 0 Å². The highest BCUT2D eigenvalue weighted by molar-refractivity contribution is 6.44. The van der Waals surface area contributed by atoms with E-state index in [9.17, 15) is 14.4 Å². The fourth-order valence-corrected chi connectivity index (χ4v) is 4.07. The quantitative estimate of drug-likeness (QED) is 0.453. The van der Waals surface area contributed by atoms with Crippen molar-refractivity contribution >= 4 is 34.2 Å². The van der Waals surface area contributed by atoms with Crippen LogP contribution in [0.1, 0.15) is 36.5 Å². The number of aromatic nitrogens is 1. The Morgan fingerprint density at radius 3 is 2.41 bits per heavy atom. The van der Waals surface area contributed by atoms with E-state index in [1.54, 1.807) is 39.9 Å². The van der Waals surface area contributed by atoms with Crippen molar-refractivity contribution in [3.05, 3.63) is 60.3 Å². The molecule has 166 valence electrons. The summed E-state index contributed by atoms with van der Waals surface area (Å²) in [5, 5.41) is 3.54. The number of nitrogens with zero attached hydrogens (tertiary/aromatic N) is 2. The van der Waals surface area contributed by atoms with E-state index in [2.05, 4.69) is 5.32 Å². The first-order valence-corrected chi connectivity index (χ1v) is 11.0. The minimum absolute atomic E-state index is 0.0267. The smallest absolute Gasteiger partial charge is 0.295 e. The first kappa shape index (κ1) is 21.6. The molecule has 2 amide bonds. The van der Waals surface area contributed by atoms with E-state index in [-0.39, 0.29) is 12.5 Å². The zero-order valence-electron chi connectivity index (χ0n) is 18.2. The Hall–Kier alpha value is -3.61. The summed E-state index contributed by atoms with van der Waals surface area (Å²) in [6.07, 6.45) is 4.55. The fourth-order valence-electron chi connectivity index (χ4n) is 4.07. The number of fused-ring (bicyclic) bond motifs is 1. The lowest BCUT2D eigenvalue weighted by atomic mass is 10.1. The topological polar surface area (TPSA) is 80.6 Å². The van der Waals surface area contributed by atoms with Gasteiger partial charge in [0.05, 0.1) is 12.2 Å². The van der Waals surface area contributed by atoms with Crippen LogP contribution in [-0.4, -0.2) is 46.8 Å². The maximum Gasteiger partial charge on any atom is 0.295 e. The summed E-state index contributed by atoms with van der Waals surface area (Å²) in [5.74, 6) is -0.472. The minimum atomic E-state index is -0.520. The monoisotopic (exact) mass is 433 g/mol. The van der Waals surface area contributed by atoms with Crippen molar-refractivity contribution in [2.45, 2.75) is 32.7 Å². The van der Waals surface area contributed by atoms with Crippen LogP contribution in [0.5, 0.6) is 5.75 Å². The molecule has 0 bridgehead atoms. The second-order valence-electron chi connectivity index (χ2n) is 7.88. The molecule has 1 N–H and O–H groups in total. The van der Waals surface area contributed by atoms with Crippen molar-refractivity contribution < 1.29 is 19.1 Å². The number of carbonyl (C=O) groups is 3. The highest BCUT2D eigenvalue weighted by atomic mass is 16.5. The van der Waals surface area contributed by atoms with Crippen LogP contribution in [-0.2, 0) is 16.1 Å². The molecule has 0 radical (unpaired) electrons. The molecule has 3 aromatic rings. The van der Waals surface area contributed by atoms with Gasteiger partial charge in [0.2, 0.25) is 5.91 Å². The number of Topliss-reactive ketones (excluding diaryl/α,β-unsaturated/α-hetero) is 1. The normalized spacial score (nSPS) is 13.7. The molecule has 1 aliphatic heterocycles. The molecule has 7 nitrogen and oxygen atoms in total. The van der Waals surface area contributed by atoms with Crippen molar-refractivity contribution in [1.29, 1.82) is 0 Å². The Kier molecular flexibility index (Phi) is 6.54. The van der Waals surface area contributed by atoms with Crippen molar-refractivity contribution in [1.82, 2.24) is 9.47 Å². The number of ether oxygens (including phenoxy) is 1. The number of hydrogen-bond donors (Lipinski definition) is 1. The van der Waals surface area contributed by atoms with Gasteiger partial charge < -0.3 is 19.5 Å². The molecule has 4 rings (SSSR count). The molecular weight excluding hydrogens is 406 g/mol. The molecule has 0 spiro atoms. The van der Waals surface area contributed by atoms with Gasteiger partial charge in [0, 0.05) is 35.9 Å². The van der Waals surface area contributed by atoms with Gasteiger partial charge in [0.25, 0.3) is 11.7 Å². The van der Waals surface area contributed by atoms with Gasteiger partial charge in [-0.2, -0.15) is 0 Å². The molecule has 1 saturated heterocycles. The Bertz CT molecular complexity index is 1130. The lowest BCUT2D eigenvalue weighted by Crippen LogP contribution is -2.40. The molecule has 0 unspecified atom stereocenters. The molecule has 0 saturated carbocycles. The number of nitrogens with one attached hydrogen (secondary N) is 1. The molecule has 1 fully saturated rings. The average molecular weight is 434 g/mol. The second kappa shape index (κ2) is 9.68. The number of para-hydroxylation sites is 1. The van der Waals surface area contributed by atoms with Crippen molar-refractivity contribution in [2.24, 2.45) is 0 Å². The second-order valence-corrected chi connectivity index (χ2v) is 7.88. The lowest BCUT2D eigenvalue weighted by molar-refractivity contribution is -0.127. The standard InChI is InChI=1S/C25H27N3O4/c1-2-32-19-12-10-18(11-13-19)26-23(29)17-28-16-21(20-8-4-5-9-22(20)28)24(30)25(31)27-14-6-3-7-15-27/h4-5,8-13,16H,2-3,6-7,14-15,17H2,1H3,(H,26,29). The summed E-state index contributed by atoms with van der Waals surface area (Å²) in [7, 11) is 0. The van der Waals surface area contributed by atoms with E-state index in [1.165, 1.54) is 0 Å². The van der Waals surface area contributed by atoms with Crippen LogP contribution in [0.25, 0.3) is 10.9 Å². The predicted octanol–water partition coefficient (Wildman–Crippen LogP) is 3.87. The van der Waals surface area contributed by atoms with Crippen molar-refractivity contribution in [3.63, 3.8) is 0 Å². The van der Waals surface area contributed by atoms with E-state index in [1.807, 2.05) is 31.2 Å². The van der Waals surface area contributed by atoms with Crippen LogP contribution in [0.4, 0.5) is 5.69 Å². The number of rotatable bonds is 7. The summed E-state index contributed by atoms with van der Waals surface area (Å²) in [6, 6.07) is 14.5. The third-order valence-corrected chi connectivity index (χ3v) is 5.63. The molecule has 2 aromatic carbocycles. The van der Waals surface area contributed by atoms with Gasteiger partial charge >= 0.3 is 0 Å². The molecule has 32 heavy (non-hydrogen) atoms. The van der Waals surface area contributed by atoms with Crippen LogP contribution in [0.2, 0.25) is 0 Å². The number of ketones is 1. The van der Waals surface area contributed by atoms with Gasteiger partial charge in [-0.15, -0.1) is 0 Å². The van der Waals surface area contributed by atoms with Gasteiger partial charge in [-0.3, -0.25) is 14.4 Å². The number of benzene rings is 2. The molecular formula is C25H27N3O4. The minimum Gasteiger partial charge on any atom is -0.494 e. The summed E-state index contributed by atoms with van der Waals surface area (Å²) >= 11 is 0. The number of carbonyl (C=O) groups excluding carboxylic acids is 3. The van der Waals surface area contributed by atoms with E-state index in [0.29, 0.717) is 36.3 Å². The van der Waals surface area contributed by atoms with Crippen LogP contribution in [0, 0.1) is 0 Å². The summed E-state index contributed by atoms with van der Waals surface area (Å²) < 4.78 is 7.14. The number of anilines is 1. The molecule has 0 atom stereocenters. The van der Waals surface area contributed by atoms with Crippen LogP contribution >= 0.6 is 0 Å². The maximum atomic E-state index is 13.0. The number of amides is 2. The summed E-state index contributed by atoms with van der Waals surface area (Å²) in [4.78, 5) is 40.1. The Morgan fingerprint density at radius 1 is 0.969 bits per heavy atom. The Morgan fingerprint density at radius 2 is 1.69 bits per heavy atom. The zero-order chi connectivity index (χ0) is 22.5. The number of piperidine rings is 1. The van der Waals surface area contributed by atoms with E-state index in [0.717, 1.165) is 30.5 Å². The first-order chi connectivity index (χ1) is 15.6. The number of hydrogen-bond acceptors (Lipinski definition) is 4. The zero-order valence-corrected chi connectivity index (χ0v) is 18.2. The SMILES string of the molecule is CCOc1ccc(NC(=O)Cn2cc(C(=O)C(=O)N3CCCCC3)c3ccccc32)cc1. The third kappa shape index (κ3) is 4.66. The Labute approximate surface area is 187 Å². The fraction of sp³-hybridized carbons (Fsp3) is 0.320. The van der Waals surface area contributed by atoms with Crippen molar-refractivity contribution in [2.75, 3.05) is 25.0 Å². The average Bonchev–Trinajstić information content (AvgIpc) is 3.18. The number of likely N-dealkylation sites (tertiary alicyclic amines) is 1. The van der Waals surface area contributed by atoms with E-state index < -0.39 is 11.7 Å². The van der Waals surface area contributed by atoms with Crippen molar-refractivity contribution in [3.8, 4) is 5.75 Å². The predicted molar refractivity (Wildman–Crippen MR) is 123 cm³/mol.